The molecule has 0 radical (unpaired) electrons. The van der Waals surface area contributed by atoms with E-state index in [1.807, 2.05) is 0 Å². The molecule has 17 heavy (non-hydrogen) atoms. The minimum absolute atomic E-state index is 0.327. The molecule has 0 saturated heterocycles. The number of rotatable bonds is 6. The number of hydrogen-bond acceptors (Lipinski definition) is 4. The van der Waals surface area contributed by atoms with E-state index in [0.717, 1.165) is 12.3 Å². The van der Waals surface area contributed by atoms with E-state index in [1.54, 1.807) is 24.3 Å². The van der Waals surface area contributed by atoms with Crippen LogP contribution in [-0.4, -0.2) is 32.3 Å². The Hall–Kier alpha value is -1.55. The van der Waals surface area contributed by atoms with Crippen LogP contribution in [0.3, 0.4) is 0 Å². The number of esters is 1. The molecular formula is C13H17NO3. The second kappa shape index (κ2) is 5.68. The summed E-state index contributed by atoms with van der Waals surface area (Å²) in [4.78, 5) is 11.2. The van der Waals surface area contributed by atoms with Crippen LogP contribution in [0.25, 0.3) is 0 Å². The van der Waals surface area contributed by atoms with Gasteiger partial charge in [0.2, 0.25) is 0 Å². The van der Waals surface area contributed by atoms with Gasteiger partial charge in [0.05, 0.1) is 12.7 Å². The van der Waals surface area contributed by atoms with Crippen molar-refractivity contribution < 1.29 is 14.3 Å². The van der Waals surface area contributed by atoms with Crippen LogP contribution in [0.15, 0.2) is 24.3 Å². The van der Waals surface area contributed by atoms with Gasteiger partial charge in [-0.1, -0.05) is 0 Å². The van der Waals surface area contributed by atoms with Crippen LogP contribution in [-0.2, 0) is 4.74 Å². The van der Waals surface area contributed by atoms with Gasteiger partial charge in [-0.15, -0.1) is 0 Å². The zero-order valence-electron chi connectivity index (χ0n) is 9.94. The SMILES string of the molecule is COC(=O)c1ccc(OCCNC2CC2)cc1. The summed E-state index contributed by atoms with van der Waals surface area (Å²) < 4.78 is 10.2. The number of hydrogen-bond donors (Lipinski definition) is 1. The van der Waals surface area contributed by atoms with E-state index in [2.05, 4.69) is 10.1 Å². The quantitative estimate of drug-likeness (QED) is 0.601. The molecule has 0 atom stereocenters. The molecule has 1 aliphatic carbocycles. The Morgan fingerprint density at radius 2 is 2.06 bits per heavy atom. The minimum Gasteiger partial charge on any atom is -0.492 e. The first-order valence-corrected chi connectivity index (χ1v) is 5.84. The van der Waals surface area contributed by atoms with Gasteiger partial charge in [0.15, 0.2) is 0 Å². The molecule has 0 unspecified atom stereocenters. The van der Waals surface area contributed by atoms with Crippen molar-refractivity contribution in [2.24, 2.45) is 0 Å². The van der Waals surface area contributed by atoms with E-state index >= 15 is 0 Å². The molecule has 1 N–H and O–H groups in total. The van der Waals surface area contributed by atoms with E-state index in [4.69, 9.17) is 4.74 Å². The highest BCUT2D eigenvalue weighted by Gasteiger charge is 2.19. The van der Waals surface area contributed by atoms with Gasteiger partial charge in [-0.25, -0.2) is 4.79 Å². The van der Waals surface area contributed by atoms with Crippen molar-refractivity contribution in [1.82, 2.24) is 5.32 Å². The Morgan fingerprint density at radius 3 is 2.65 bits per heavy atom. The summed E-state index contributed by atoms with van der Waals surface area (Å²) in [5, 5.41) is 3.37. The molecule has 1 aliphatic rings. The molecule has 0 spiro atoms. The summed E-state index contributed by atoms with van der Waals surface area (Å²) in [6, 6.07) is 7.68. The Morgan fingerprint density at radius 1 is 1.35 bits per heavy atom. The van der Waals surface area contributed by atoms with Crippen molar-refractivity contribution in [2.45, 2.75) is 18.9 Å². The topological polar surface area (TPSA) is 47.6 Å². The van der Waals surface area contributed by atoms with Crippen molar-refractivity contribution >= 4 is 5.97 Å². The molecule has 0 bridgehead atoms. The number of ether oxygens (including phenoxy) is 2. The first kappa shape index (κ1) is 11.9. The van der Waals surface area contributed by atoms with E-state index < -0.39 is 0 Å². The predicted octanol–water partition coefficient (Wildman–Crippen LogP) is 1.60. The van der Waals surface area contributed by atoms with Gasteiger partial charge in [0, 0.05) is 12.6 Å². The highest BCUT2D eigenvalue weighted by Crippen LogP contribution is 2.18. The van der Waals surface area contributed by atoms with Crippen LogP contribution >= 0.6 is 0 Å². The third kappa shape index (κ3) is 3.75. The van der Waals surface area contributed by atoms with Gasteiger partial charge in [-0.3, -0.25) is 0 Å². The first-order chi connectivity index (χ1) is 8.29. The molecule has 0 aliphatic heterocycles. The second-order valence-electron chi connectivity index (χ2n) is 4.09. The molecule has 2 rings (SSSR count). The number of carbonyl (C=O) groups is 1. The summed E-state index contributed by atoms with van der Waals surface area (Å²) in [7, 11) is 1.37. The van der Waals surface area contributed by atoms with E-state index in [-0.39, 0.29) is 5.97 Å². The standard InChI is InChI=1S/C13H17NO3/c1-16-13(15)10-2-6-12(7-3-10)17-9-8-14-11-4-5-11/h2-3,6-7,11,14H,4-5,8-9H2,1H3. The minimum atomic E-state index is -0.327. The molecule has 1 aromatic rings. The van der Waals surface area contributed by atoms with Crippen LogP contribution in [0, 0.1) is 0 Å². The van der Waals surface area contributed by atoms with Gasteiger partial charge in [0.25, 0.3) is 0 Å². The molecule has 0 heterocycles. The molecule has 4 nitrogen and oxygen atoms in total. The molecule has 4 heteroatoms. The van der Waals surface area contributed by atoms with E-state index in [1.165, 1.54) is 20.0 Å². The Kier molecular flexibility index (Phi) is 3.98. The van der Waals surface area contributed by atoms with Gasteiger partial charge in [0.1, 0.15) is 12.4 Å². The highest BCUT2D eigenvalue weighted by atomic mass is 16.5. The second-order valence-corrected chi connectivity index (χ2v) is 4.09. The van der Waals surface area contributed by atoms with Crippen molar-refractivity contribution in [2.75, 3.05) is 20.3 Å². The van der Waals surface area contributed by atoms with Gasteiger partial charge in [-0.05, 0) is 37.1 Å². The van der Waals surface area contributed by atoms with Crippen molar-refractivity contribution in [3.8, 4) is 5.75 Å². The van der Waals surface area contributed by atoms with E-state index in [9.17, 15) is 4.79 Å². The number of benzene rings is 1. The molecule has 92 valence electrons. The smallest absolute Gasteiger partial charge is 0.337 e. The van der Waals surface area contributed by atoms with Crippen molar-refractivity contribution in [3.05, 3.63) is 29.8 Å². The number of methoxy groups -OCH3 is 1. The monoisotopic (exact) mass is 235 g/mol. The number of carbonyl (C=O) groups excluding carboxylic acids is 1. The highest BCUT2D eigenvalue weighted by molar-refractivity contribution is 5.89. The molecular weight excluding hydrogens is 218 g/mol. The largest absolute Gasteiger partial charge is 0.492 e. The average molecular weight is 235 g/mol. The van der Waals surface area contributed by atoms with Crippen LogP contribution in [0.5, 0.6) is 5.75 Å². The van der Waals surface area contributed by atoms with Crippen LogP contribution in [0.4, 0.5) is 0 Å². The maximum atomic E-state index is 11.2. The summed E-state index contributed by atoms with van der Waals surface area (Å²) in [5.41, 5.74) is 0.538. The summed E-state index contributed by atoms with van der Waals surface area (Å²) in [6.07, 6.45) is 2.57. The lowest BCUT2D eigenvalue weighted by molar-refractivity contribution is 0.0600. The van der Waals surface area contributed by atoms with Gasteiger partial charge in [-0.2, -0.15) is 0 Å². The summed E-state index contributed by atoms with van der Waals surface area (Å²) in [6.45, 7) is 1.51. The molecule has 1 fully saturated rings. The third-order valence-electron chi connectivity index (χ3n) is 2.66. The summed E-state index contributed by atoms with van der Waals surface area (Å²) in [5.74, 6) is 0.446. The predicted molar refractivity (Wildman–Crippen MR) is 64.3 cm³/mol. The zero-order valence-corrected chi connectivity index (χ0v) is 9.94. The van der Waals surface area contributed by atoms with Gasteiger partial charge >= 0.3 is 5.97 Å². The fourth-order valence-electron chi connectivity index (χ4n) is 1.52. The fourth-order valence-corrected chi connectivity index (χ4v) is 1.52. The maximum absolute atomic E-state index is 11.2. The van der Waals surface area contributed by atoms with Crippen LogP contribution < -0.4 is 10.1 Å². The van der Waals surface area contributed by atoms with Gasteiger partial charge < -0.3 is 14.8 Å². The lowest BCUT2D eigenvalue weighted by atomic mass is 10.2. The molecule has 1 saturated carbocycles. The molecule has 0 amide bonds. The zero-order chi connectivity index (χ0) is 12.1. The Bertz CT molecular complexity index is 371. The number of nitrogens with one attached hydrogen (secondary N) is 1. The lowest BCUT2D eigenvalue weighted by Crippen LogP contribution is -2.22. The lowest BCUT2D eigenvalue weighted by Gasteiger charge is -2.07. The Labute approximate surface area is 101 Å². The Balaban J connectivity index is 1.74. The van der Waals surface area contributed by atoms with Crippen molar-refractivity contribution in [1.29, 1.82) is 0 Å². The normalized spacial score (nSPS) is 14.4. The fraction of sp³-hybridized carbons (Fsp3) is 0.462. The maximum Gasteiger partial charge on any atom is 0.337 e. The van der Waals surface area contributed by atoms with Crippen LogP contribution in [0.1, 0.15) is 23.2 Å². The van der Waals surface area contributed by atoms with Crippen LogP contribution in [0.2, 0.25) is 0 Å². The van der Waals surface area contributed by atoms with E-state index in [0.29, 0.717) is 18.2 Å². The molecule has 0 aromatic heterocycles. The summed E-state index contributed by atoms with van der Waals surface area (Å²) >= 11 is 0. The molecule has 1 aromatic carbocycles. The third-order valence-corrected chi connectivity index (χ3v) is 2.66. The van der Waals surface area contributed by atoms with Crippen molar-refractivity contribution in [3.63, 3.8) is 0 Å². The average Bonchev–Trinajstić information content (AvgIpc) is 3.18. The first-order valence-electron chi connectivity index (χ1n) is 5.84.